The van der Waals surface area contributed by atoms with Gasteiger partial charge in [-0.25, -0.2) is 0 Å². The molecular formula is C18H17NO2S2. The van der Waals surface area contributed by atoms with Crippen LogP contribution in [0.5, 0.6) is 0 Å². The van der Waals surface area contributed by atoms with Gasteiger partial charge in [0.2, 0.25) is 0 Å². The number of hydrogen-bond acceptors (Lipinski definition) is 4. The van der Waals surface area contributed by atoms with Crippen LogP contribution in [-0.4, -0.2) is 29.6 Å². The van der Waals surface area contributed by atoms with Crippen molar-refractivity contribution in [1.29, 1.82) is 0 Å². The molecular weight excluding hydrogens is 326 g/mol. The van der Waals surface area contributed by atoms with Gasteiger partial charge in [0, 0.05) is 23.5 Å². The molecule has 1 amide bonds. The molecule has 0 N–H and O–H groups in total. The summed E-state index contributed by atoms with van der Waals surface area (Å²) in [6, 6.07) is 14.1. The molecule has 1 aliphatic rings. The van der Waals surface area contributed by atoms with E-state index in [0.717, 1.165) is 41.3 Å². The maximum Gasteiger partial charge on any atom is 0.263 e. The molecule has 0 aliphatic carbocycles. The highest BCUT2D eigenvalue weighted by molar-refractivity contribution is 7.99. The van der Waals surface area contributed by atoms with Crippen molar-refractivity contribution in [3.05, 3.63) is 59.4 Å². The third kappa shape index (κ3) is 3.03. The van der Waals surface area contributed by atoms with Gasteiger partial charge in [0.15, 0.2) is 0 Å². The first kappa shape index (κ1) is 14.8. The Morgan fingerprint density at radius 2 is 2.09 bits per heavy atom. The van der Waals surface area contributed by atoms with Crippen molar-refractivity contribution in [2.75, 3.05) is 18.8 Å². The third-order valence-electron chi connectivity index (χ3n) is 4.13. The summed E-state index contributed by atoms with van der Waals surface area (Å²) in [6.07, 6.45) is 2.66. The maximum atomic E-state index is 12.8. The largest absolute Gasteiger partial charge is 0.468 e. The average Bonchev–Trinajstić information content (AvgIpc) is 3.19. The minimum absolute atomic E-state index is 0.159. The fraction of sp³-hybridized carbons (Fsp3) is 0.278. The molecule has 118 valence electrons. The SMILES string of the molecule is O=C(c1cc2ccccc2s1)N1CCS[C@H](c2ccco2)CC1. The predicted molar refractivity (Wildman–Crippen MR) is 96.3 cm³/mol. The summed E-state index contributed by atoms with van der Waals surface area (Å²) in [4.78, 5) is 15.6. The van der Waals surface area contributed by atoms with Gasteiger partial charge in [-0.05, 0) is 36.1 Å². The molecule has 0 unspecified atom stereocenters. The second-order valence-electron chi connectivity index (χ2n) is 5.60. The van der Waals surface area contributed by atoms with E-state index in [0.29, 0.717) is 5.25 Å². The van der Waals surface area contributed by atoms with Crippen molar-refractivity contribution in [2.24, 2.45) is 0 Å². The lowest BCUT2D eigenvalue weighted by molar-refractivity contribution is 0.0771. The zero-order valence-electron chi connectivity index (χ0n) is 12.6. The van der Waals surface area contributed by atoms with Crippen molar-refractivity contribution >= 4 is 39.1 Å². The standard InChI is InChI=1S/C18H17NO2S2/c20-18(17-12-13-4-1-2-6-15(13)23-17)19-8-7-16(22-11-9-19)14-5-3-10-21-14/h1-6,10,12,16H,7-9,11H2/t16-/m0/s1. The van der Waals surface area contributed by atoms with Gasteiger partial charge in [-0.15, -0.1) is 23.1 Å². The van der Waals surface area contributed by atoms with E-state index in [1.165, 1.54) is 4.70 Å². The lowest BCUT2D eigenvalue weighted by Crippen LogP contribution is -2.32. The first-order chi connectivity index (χ1) is 11.3. The van der Waals surface area contributed by atoms with Crippen LogP contribution in [0.2, 0.25) is 0 Å². The smallest absolute Gasteiger partial charge is 0.263 e. The van der Waals surface area contributed by atoms with Crippen molar-refractivity contribution < 1.29 is 9.21 Å². The Labute approximate surface area is 143 Å². The highest BCUT2D eigenvalue weighted by Crippen LogP contribution is 2.35. The van der Waals surface area contributed by atoms with Crippen LogP contribution >= 0.6 is 23.1 Å². The summed E-state index contributed by atoms with van der Waals surface area (Å²) in [5, 5.41) is 1.50. The normalized spacial score (nSPS) is 19.0. The molecule has 3 nitrogen and oxygen atoms in total. The molecule has 3 heterocycles. The molecule has 0 spiro atoms. The first-order valence-corrected chi connectivity index (χ1v) is 9.60. The topological polar surface area (TPSA) is 33.5 Å². The molecule has 4 rings (SSSR count). The number of rotatable bonds is 2. The van der Waals surface area contributed by atoms with Crippen LogP contribution in [0.1, 0.15) is 27.1 Å². The number of fused-ring (bicyclic) bond motifs is 1. The van der Waals surface area contributed by atoms with Gasteiger partial charge in [0.1, 0.15) is 5.76 Å². The Kier molecular flexibility index (Phi) is 4.14. The van der Waals surface area contributed by atoms with Crippen LogP contribution in [0, 0.1) is 0 Å². The van der Waals surface area contributed by atoms with E-state index >= 15 is 0 Å². The van der Waals surface area contributed by atoms with E-state index in [-0.39, 0.29) is 5.91 Å². The number of hydrogen-bond donors (Lipinski definition) is 0. The van der Waals surface area contributed by atoms with Crippen LogP contribution in [0.15, 0.2) is 53.1 Å². The second-order valence-corrected chi connectivity index (χ2v) is 8.00. The number of carbonyl (C=O) groups is 1. The Hall–Kier alpha value is -1.72. The molecule has 23 heavy (non-hydrogen) atoms. The van der Waals surface area contributed by atoms with Gasteiger partial charge in [-0.2, -0.15) is 0 Å². The lowest BCUT2D eigenvalue weighted by Gasteiger charge is -2.19. The van der Waals surface area contributed by atoms with Gasteiger partial charge < -0.3 is 9.32 Å². The van der Waals surface area contributed by atoms with Crippen LogP contribution in [0.3, 0.4) is 0 Å². The fourth-order valence-electron chi connectivity index (χ4n) is 2.92. The van der Waals surface area contributed by atoms with Gasteiger partial charge in [-0.1, -0.05) is 18.2 Å². The summed E-state index contributed by atoms with van der Waals surface area (Å²) in [7, 11) is 0. The van der Waals surface area contributed by atoms with Crippen LogP contribution < -0.4 is 0 Å². The van der Waals surface area contributed by atoms with E-state index < -0.39 is 0 Å². The summed E-state index contributed by atoms with van der Waals surface area (Å²) < 4.78 is 6.70. The van der Waals surface area contributed by atoms with E-state index in [9.17, 15) is 4.79 Å². The van der Waals surface area contributed by atoms with E-state index in [1.54, 1.807) is 17.6 Å². The van der Waals surface area contributed by atoms with Gasteiger partial charge in [-0.3, -0.25) is 4.79 Å². The summed E-state index contributed by atoms with van der Waals surface area (Å²) in [5.74, 6) is 2.13. The molecule has 0 bridgehead atoms. The molecule has 5 heteroatoms. The molecule has 1 saturated heterocycles. The first-order valence-electron chi connectivity index (χ1n) is 7.74. The number of nitrogens with zero attached hydrogens (tertiary/aromatic N) is 1. The zero-order chi connectivity index (χ0) is 15.6. The number of benzene rings is 1. The highest BCUT2D eigenvalue weighted by atomic mass is 32.2. The lowest BCUT2D eigenvalue weighted by atomic mass is 10.2. The predicted octanol–water partition coefficient (Wildman–Crippen LogP) is 4.81. The molecule has 1 aliphatic heterocycles. The summed E-state index contributed by atoms with van der Waals surface area (Å²) in [5.41, 5.74) is 0. The summed E-state index contributed by atoms with van der Waals surface area (Å²) in [6.45, 7) is 1.58. The van der Waals surface area contributed by atoms with Gasteiger partial charge >= 0.3 is 0 Å². The van der Waals surface area contributed by atoms with Crippen molar-refractivity contribution in [2.45, 2.75) is 11.7 Å². The average molecular weight is 343 g/mol. The molecule has 0 saturated carbocycles. The van der Waals surface area contributed by atoms with Gasteiger partial charge in [0.25, 0.3) is 5.91 Å². The quantitative estimate of drug-likeness (QED) is 0.669. The number of thiophene rings is 1. The Morgan fingerprint density at radius 3 is 2.91 bits per heavy atom. The van der Waals surface area contributed by atoms with E-state index in [2.05, 4.69) is 12.1 Å². The molecule has 1 aromatic carbocycles. The van der Waals surface area contributed by atoms with Crippen molar-refractivity contribution in [3.63, 3.8) is 0 Å². The second kappa shape index (κ2) is 6.42. The third-order valence-corrected chi connectivity index (χ3v) is 6.52. The Bertz CT molecular complexity index is 776. The Balaban J connectivity index is 1.50. The minimum atomic E-state index is 0.159. The van der Waals surface area contributed by atoms with Crippen molar-refractivity contribution in [3.8, 4) is 0 Å². The molecule has 2 aromatic heterocycles. The number of carbonyl (C=O) groups excluding carboxylic acids is 1. The van der Waals surface area contributed by atoms with Crippen molar-refractivity contribution in [1.82, 2.24) is 4.90 Å². The molecule has 3 aromatic rings. The molecule has 0 radical (unpaired) electrons. The summed E-state index contributed by atoms with van der Waals surface area (Å²) >= 11 is 3.47. The van der Waals surface area contributed by atoms with Crippen LogP contribution in [-0.2, 0) is 0 Å². The highest BCUT2D eigenvalue weighted by Gasteiger charge is 2.25. The number of amides is 1. The number of furan rings is 1. The number of thioether (sulfide) groups is 1. The fourth-order valence-corrected chi connectivity index (χ4v) is 5.13. The maximum absolute atomic E-state index is 12.8. The van der Waals surface area contributed by atoms with Gasteiger partial charge in [0.05, 0.1) is 16.4 Å². The molecule has 1 atom stereocenters. The van der Waals surface area contributed by atoms with Crippen LogP contribution in [0.4, 0.5) is 0 Å². The zero-order valence-corrected chi connectivity index (χ0v) is 14.2. The monoisotopic (exact) mass is 343 g/mol. The Morgan fingerprint density at radius 1 is 1.17 bits per heavy atom. The van der Waals surface area contributed by atoms with Crippen LogP contribution in [0.25, 0.3) is 10.1 Å². The molecule has 1 fully saturated rings. The van der Waals surface area contributed by atoms with E-state index in [1.807, 2.05) is 47.0 Å². The minimum Gasteiger partial charge on any atom is -0.468 e. The van der Waals surface area contributed by atoms with E-state index in [4.69, 9.17) is 4.42 Å².